The van der Waals surface area contributed by atoms with Gasteiger partial charge in [0.05, 0.1) is 16.1 Å². The monoisotopic (exact) mass is 262 g/mol. The van der Waals surface area contributed by atoms with Gasteiger partial charge < -0.3 is 5.11 Å². The van der Waals surface area contributed by atoms with E-state index in [4.69, 9.17) is 23.2 Å². The van der Waals surface area contributed by atoms with Crippen molar-refractivity contribution in [3.8, 4) is 0 Å². The first kappa shape index (κ1) is 11.6. The van der Waals surface area contributed by atoms with E-state index in [1.165, 1.54) is 0 Å². The van der Waals surface area contributed by atoms with Gasteiger partial charge in [-0.1, -0.05) is 36.2 Å². The van der Waals surface area contributed by atoms with E-state index in [-0.39, 0.29) is 0 Å². The van der Waals surface area contributed by atoms with Crippen LogP contribution in [-0.4, -0.2) is 10.4 Å². The van der Waals surface area contributed by atoms with Crippen LogP contribution in [0.5, 0.6) is 0 Å². The first-order chi connectivity index (χ1) is 7.09. The minimum absolute atomic E-state index is 0.417. The van der Waals surface area contributed by atoms with Gasteiger partial charge in [0.1, 0.15) is 0 Å². The molecule has 0 saturated heterocycles. The standard InChI is InChI=1S/C11H12Cl2OS/c1-6-4-10(14)7-2-3-9(12)11(13)8(7)5-15-6/h2-3,6,10,14H,4-5H2,1H3/t6?,10-/m0/s1. The lowest BCUT2D eigenvalue weighted by molar-refractivity contribution is 0.168. The summed E-state index contributed by atoms with van der Waals surface area (Å²) < 4.78 is 0. The van der Waals surface area contributed by atoms with Crippen LogP contribution in [0.25, 0.3) is 0 Å². The van der Waals surface area contributed by atoms with E-state index in [1.807, 2.05) is 6.07 Å². The van der Waals surface area contributed by atoms with Gasteiger partial charge in [0.2, 0.25) is 0 Å². The maximum atomic E-state index is 10.0. The first-order valence-corrected chi connectivity index (χ1v) is 6.66. The van der Waals surface area contributed by atoms with Crippen molar-refractivity contribution in [2.24, 2.45) is 0 Å². The third-order valence-corrected chi connectivity index (χ3v) is 4.72. The third kappa shape index (κ3) is 2.28. The Morgan fingerprint density at radius 2 is 2.13 bits per heavy atom. The summed E-state index contributed by atoms with van der Waals surface area (Å²) in [5.74, 6) is 0.826. The fourth-order valence-corrected chi connectivity index (χ4v) is 3.38. The van der Waals surface area contributed by atoms with E-state index in [0.717, 1.165) is 23.3 Å². The van der Waals surface area contributed by atoms with E-state index in [9.17, 15) is 5.11 Å². The predicted octanol–water partition coefficient (Wildman–Crippen LogP) is 4.05. The molecular formula is C11H12Cl2OS. The molecule has 1 N–H and O–H groups in total. The average molecular weight is 263 g/mol. The summed E-state index contributed by atoms with van der Waals surface area (Å²) in [5.41, 5.74) is 1.92. The van der Waals surface area contributed by atoms with Gasteiger partial charge in [-0.15, -0.1) is 0 Å². The van der Waals surface area contributed by atoms with Gasteiger partial charge in [-0.25, -0.2) is 0 Å². The van der Waals surface area contributed by atoms with Crippen LogP contribution in [0.2, 0.25) is 10.0 Å². The number of halogens is 2. The SMILES string of the molecule is CC1C[C@H](O)c2ccc(Cl)c(Cl)c2CS1. The fraction of sp³-hybridized carbons (Fsp3) is 0.455. The van der Waals surface area contributed by atoms with Crippen molar-refractivity contribution < 1.29 is 5.11 Å². The summed E-state index contributed by atoms with van der Waals surface area (Å²) >= 11 is 13.9. The molecule has 1 heterocycles. The Bertz CT molecular complexity index is 381. The van der Waals surface area contributed by atoms with Crippen LogP contribution in [0.15, 0.2) is 12.1 Å². The molecule has 1 aliphatic heterocycles. The molecule has 0 amide bonds. The third-order valence-electron chi connectivity index (χ3n) is 2.66. The van der Waals surface area contributed by atoms with E-state index in [2.05, 4.69) is 6.92 Å². The Morgan fingerprint density at radius 1 is 1.40 bits per heavy atom. The number of aliphatic hydroxyl groups excluding tert-OH is 1. The summed E-state index contributed by atoms with van der Waals surface area (Å²) in [4.78, 5) is 0. The lowest BCUT2D eigenvalue weighted by Gasteiger charge is -2.13. The maximum absolute atomic E-state index is 10.0. The zero-order chi connectivity index (χ0) is 11.0. The van der Waals surface area contributed by atoms with E-state index < -0.39 is 6.10 Å². The molecule has 0 radical (unpaired) electrons. The molecule has 1 aromatic rings. The molecule has 82 valence electrons. The van der Waals surface area contributed by atoms with Crippen molar-refractivity contribution in [2.45, 2.75) is 30.5 Å². The van der Waals surface area contributed by atoms with Crippen molar-refractivity contribution in [1.82, 2.24) is 0 Å². The van der Waals surface area contributed by atoms with Crippen molar-refractivity contribution >= 4 is 35.0 Å². The number of hydrogen-bond acceptors (Lipinski definition) is 2. The van der Waals surface area contributed by atoms with Crippen LogP contribution in [0.4, 0.5) is 0 Å². The summed E-state index contributed by atoms with van der Waals surface area (Å²) in [6.45, 7) is 2.12. The van der Waals surface area contributed by atoms with E-state index in [1.54, 1.807) is 17.8 Å². The quantitative estimate of drug-likeness (QED) is 0.761. The first-order valence-electron chi connectivity index (χ1n) is 4.86. The van der Waals surface area contributed by atoms with Crippen LogP contribution in [-0.2, 0) is 5.75 Å². The molecule has 0 aromatic heterocycles. The number of aliphatic hydroxyl groups is 1. The Kier molecular flexibility index (Phi) is 3.51. The van der Waals surface area contributed by atoms with Gasteiger partial charge in [0.25, 0.3) is 0 Å². The second-order valence-corrected chi connectivity index (χ2v) is 6.01. The molecule has 0 bridgehead atoms. The van der Waals surface area contributed by atoms with Gasteiger partial charge >= 0.3 is 0 Å². The van der Waals surface area contributed by atoms with Crippen LogP contribution in [0, 0.1) is 0 Å². The average Bonchev–Trinajstić information content (AvgIpc) is 2.32. The molecule has 2 atom stereocenters. The Morgan fingerprint density at radius 3 is 2.87 bits per heavy atom. The van der Waals surface area contributed by atoms with Crippen molar-refractivity contribution in [3.05, 3.63) is 33.3 Å². The molecule has 1 aliphatic rings. The van der Waals surface area contributed by atoms with Gasteiger partial charge in [0, 0.05) is 11.0 Å². The summed E-state index contributed by atoms with van der Waals surface area (Å²) in [6, 6.07) is 3.64. The lowest BCUT2D eigenvalue weighted by atomic mass is 10.0. The molecule has 1 aromatic carbocycles. The number of hydrogen-bond donors (Lipinski definition) is 1. The Hall–Kier alpha value is 0.110. The molecular weight excluding hydrogens is 251 g/mol. The van der Waals surface area contributed by atoms with Crippen LogP contribution in [0.3, 0.4) is 0 Å². The lowest BCUT2D eigenvalue weighted by Crippen LogP contribution is -2.03. The van der Waals surface area contributed by atoms with Crippen molar-refractivity contribution in [3.63, 3.8) is 0 Å². The van der Waals surface area contributed by atoms with Gasteiger partial charge in [-0.3, -0.25) is 0 Å². The highest BCUT2D eigenvalue weighted by molar-refractivity contribution is 7.99. The van der Waals surface area contributed by atoms with E-state index in [0.29, 0.717) is 15.3 Å². The molecule has 0 aliphatic carbocycles. The fourth-order valence-electron chi connectivity index (χ4n) is 1.80. The summed E-state index contributed by atoms with van der Waals surface area (Å²) in [5, 5.41) is 11.6. The molecule has 1 nitrogen and oxygen atoms in total. The normalized spacial score (nSPS) is 25.9. The molecule has 2 rings (SSSR count). The zero-order valence-electron chi connectivity index (χ0n) is 8.34. The van der Waals surface area contributed by atoms with Gasteiger partial charge in [0.15, 0.2) is 0 Å². The topological polar surface area (TPSA) is 20.2 Å². The van der Waals surface area contributed by atoms with Crippen LogP contribution >= 0.6 is 35.0 Å². The summed E-state index contributed by atoms with van der Waals surface area (Å²) in [7, 11) is 0. The Balaban J connectivity index is 2.48. The smallest absolute Gasteiger partial charge is 0.0804 e. The predicted molar refractivity (Wildman–Crippen MR) is 66.8 cm³/mol. The number of thioether (sulfide) groups is 1. The highest BCUT2D eigenvalue weighted by Gasteiger charge is 2.23. The minimum Gasteiger partial charge on any atom is -0.388 e. The largest absolute Gasteiger partial charge is 0.388 e. The highest BCUT2D eigenvalue weighted by atomic mass is 35.5. The summed E-state index contributed by atoms with van der Waals surface area (Å²) in [6.07, 6.45) is 0.357. The molecule has 0 spiro atoms. The molecule has 1 unspecified atom stereocenters. The van der Waals surface area contributed by atoms with Crippen LogP contribution in [0.1, 0.15) is 30.6 Å². The number of rotatable bonds is 0. The molecule has 0 fully saturated rings. The Labute approximate surface area is 104 Å². The number of benzene rings is 1. The molecule has 4 heteroatoms. The van der Waals surface area contributed by atoms with Crippen molar-refractivity contribution in [1.29, 1.82) is 0 Å². The molecule has 15 heavy (non-hydrogen) atoms. The second-order valence-electron chi connectivity index (χ2n) is 3.80. The number of fused-ring (bicyclic) bond motifs is 1. The van der Waals surface area contributed by atoms with Gasteiger partial charge in [-0.05, 0) is 23.6 Å². The zero-order valence-corrected chi connectivity index (χ0v) is 10.7. The van der Waals surface area contributed by atoms with E-state index >= 15 is 0 Å². The maximum Gasteiger partial charge on any atom is 0.0804 e. The molecule has 0 saturated carbocycles. The van der Waals surface area contributed by atoms with Crippen molar-refractivity contribution in [2.75, 3.05) is 0 Å². The van der Waals surface area contributed by atoms with Gasteiger partial charge in [-0.2, -0.15) is 11.8 Å². The second kappa shape index (κ2) is 4.54. The highest BCUT2D eigenvalue weighted by Crippen LogP contribution is 2.40. The minimum atomic E-state index is -0.417. The van der Waals surface area contributed by atoms with Crippen LogP contribution < -0.4 is 0 Å².